The van der Waals surface area contributed by atoms with Crippen LogP contribution in [0.5, 0.6) is 23.0 Å². The van der Waals surface area contributed by atoms with E-state index in [1.807, 2.05) is 63.2 Å². The van der Waals surface area contributed by atoms with E-state index in [9.17, 15) is 4.79 Å². The molecule has 0 saturated carbocycles. The molecular weight excluding hydrogens is 470 g/mol. The highest BCUT2D eigenvalue weighted by Crippen LogP contribution is 2.38. The molecule has 194 valence electrons. The summed E-state index contributed by atoms with van der Waals surface area (Å²) in [7, 11) is 4.56. The second-order valence-corrected chi connectivity index (χ2v) is 8.79. The number of benzene rings is 3. The van der Waals surface area contributed by atoms with Gasteiger partial charge in [-0.1, -0.05) is 30.3 Å². The number of methoxy groups -OCH3 is 3. The predicted octanol–water partition coefficient (Wildman–Crippen LogP) is 5.25. The van der Waals surface area contributed by atoms with Crippen LogP contribution in [0.15, 0.2) is 54.6 Å². The zero-order chi connectivity index (χ0) is 26.5. The highest BCUT2D eigenvalue weighted by molar-refractivity contribution is 5.96. The van der Waals surface area contributed by atoms with E-state index in [1.165, 1.54) is 21.3 Å². The fraction of sp³-hybridized carbons (Fsp3) is 0.310. The van der Waals surface area contributed by atoms with E-state index < -0.39 is 0 Å². The predicted molar refractivity (Wildman–Crippen MR) is 143 cm³/mol. The number of amides is 1. The molecule has 8 nitrogen and oxygen atoms in total. The zero-order valence-corrected chi connectivity index (χ0v) is 22.1. The number of imidazole rings is 1. The van der Waals surface area contributed by atoms with Gasteiger partial charge in [-0.25, -0.2) is 4.98 Å². The van der Waals surface area contributed by atoms with Crippen LogP contribution in [0.4, 0.5) is 0 Å². The first-order chi connectivity index (χ1) is 17.9. The molecule has 1 aromatic heterocycles. The minimum Gasteiger partial charge on any atom is -0.493 e. The van der Waals surface area contributed by atoms with Crippen molar-refractivity contribution in [1.82, 2.24) is 14.9 Å². The maximum absolute atomic E-state index is 13.2. The second-order valence-electron chi connectivity index (χ2n) is 8.79. The normalized spacial score (nSPS) is 11.7. The lowest BCUT2D eigenvalue weighted by Gasteiger charge is -2.18. The van der Waals surface area contributed by atoms with E-state index in [2.05, 4.69) is 9.88 Å². The number of aromatic nitrogens is 2. The number of nitrogens with one attached hydrogen (secondary N) is 1. The van der Waals surface area contributed by atoms with Crippen molar-refractivity contribution in [3.63, 3.8) is 0 Å². The molecular formula is C29H33N3O5. The van der Waals surface area contributed by atoms with Crippen molar-refractivity contribution in [1.29, 1.82) is 0 Å². The van der Waals surface area contributed by atoms with E-state index in [0.29, 0.717) is 36.0 Å². The van der Waals surface area contributed by atoms with Crippen molar-refractivity contribution in [3.8, 4) is 23.0 Å². The third-order valence-corrected chi connectivity index (χ3v) is 6.32. The number of carbonyl (C=O) groups excluding carboxylic acids is 1. The van der Waals surface area contributed by atoms with Gasteiger partial charge in [-0.05, 0) is 56.2 Å². The Morgan fingerprint density at radius 3 is 2.19 bits per heavy atom. The van der Waals surface area contributed by atoms with E-state index in [-0.39, 0.29) is 11.9 Å². The van der Waals surface area contributed by atoms with Gasteiger partial charge in [0.2, 0.25) is 5.75 Å². The molecule has 1 amide bonds. The van der Waals surface area contributed by atoms with Gasteiger partial charge in [0.05, 0.1) is 44.9 Å². The molecule has 4 aromatic rings. The number of aryl methyl sites for hydroxylation is 2. The average molecular weight is 504 g/mol. The van der Waals surface area contributed by atoms with Crippen LogP contribution in [0.25, 0.3) is 11.0 Å². The Kier molecular flexibility index (Phi) is 7.86. The quantitative estimate of drug-likeness (QED) is 0.318. The van der Waals surface area contributed by atoms with Crippen LogP contribution in [0.3, 0.4) is 0 Å². The Morgan fingerprint density at radius 1 is 0.919 bits per heavy atom. The number of ether oxygens (including phenoxy) is 4. The molecule has 0 aliphatic carbocycles. The molecule has 1 atom stereocenters. The molecule has 4 rings (SSSR count). The van der Waals surface area contributed by atoms with Gasteiger partial charge in [0, 0.05) is 5.56 Å². The molecule has 0 aliphatic rings. The summed E-state index contributed by atoms with van der Waals surface area (Å²) in [5.41, 5.74) is 4.43. The molecule has 0 radical (unpaired) electrons. The van der Waals surface area contributed by atoms with Gasteiger partial charge in [-0.15, -0.1) is 0 Å². The number of para-hydroxylation sites is 3. The zero-order valence-electron chi connectivity index (χ0n) is 22.1. The number of nitrogens with zero attached hydrogens (tertiary/aromatic N) is 2. The number of carbonyl (C=O) groups is 1. The van der Waals surface area contributed by atoms with Gasteiger partial charge in [0.15, 0.2) is 11.5 Å². The van der Waals surface area contributed by atoms with E-state index in [4.69, 9.17) is 23.9 Å². The molecule has 0 aliphatic heterocycles. The SMILES string of the molecule is COc1cc(C(=O)NC(C)c2nc3ccccc3n2CCOc2c(C)cccc2C)cc(OC)c1OC. The summed E-state index contributed by atoms with van der Waals surface area (Å²) in [4.78, 5) is 18.1. The largest absolute Gasteiger partial charge is 0.493 e. The minimum atomic E-state index is -0.376. The lowest BCUT2D eigenvalue weighted by atomic mass is 10.1. The third kappa shape index (κ3) is 5.33. The van der Waals surface area contributed by atoms with Gasteiger partial charge < -0.3 is 28.8 Å². The van der Waals surface area contributed by atoms with Crippen LogP contribution in [0, 0.1) is 13.8 Å². The summed E-state index contributed by atoms with van der Waals surface area (Å²) in [6.45, 7) is 7.04. The van der Waals surface area contributed by atoms with Gasteiger partial charge >= 0.3 is 0 Å². The van der Waals surface area contributed by atoms with Crippen LogP contribution < -0.4 is 24.3 Å². The topological polar surface area (TPSA) is 83.8 Å². The molecule has 1 unspecified atom stereocenters. The molecule has 1 N–H and O–H groups in total. The summed E-state index contributed by atoms with van der Waals surface area (Å²) in [6.07, 6.45) is 0. The van der Waals surface area contributed by atoms with Crippen LogP contribution in [-0.2, 0) is 6.54 Å². The summed E-state index contributed by atoms with van der Waals surface area (Å²) in [6, 6.07) is 16.9. The first-order valence-corrected chi connectivity index (χ1v) is 12.1. The van der Waals surface area contributed by atoms with E-state index in [1.54, 1.807) is 12.1 Å². The van der Waals surface area contributed by atoms with Crippen molar-refractivity contribution in [2.45, 2.75) is 33.4 Å². The highest BCUT2D eigenvalue weighted by atomic mass is 16.5. The Bertz CT molecular complexity index is 1370. The summed E-state index contributed by atoms with van der Waals surface area (Å²) < 4.78 is 24.4. The fourth-order valence-electron chi connectivity index (χ4n) is 4.48. The van der Waals surface area contributed by atoms with Crippen LogP contribution in [0.1, 0.15) is 40.3 Å². The van der Waals surface area contributed by atoms with Crippen molar-refractivity contribution >= 4 is 16.9 Å². The molecule has 0 saturated heterocycles. The summed E-state index contributed by atoms with van der Waals surface area (Å²) >= 11 is 0. The van der Waals surface area contributed by atoms with Crippen molar-refractivity contribution in [3.05, 3.63) is 77.1 Å². The Labute approximate surface area is 217 Å². The number of hydrogen-bond donors (Lipinski definition) is 1. The third-order valence-electron chi connectivity index (χ3n) is 6.32. The minimum absolute atomic E-state index is 0.280. The molecule has 1 heterocycles. The van der Waals surface area contributed by atoms with Crippen LogP contribution in [0.2, 0.25) is 0 Å². The van der Waals surface area contributed by atoms with Crippen LogP contribution >= 0.6 is 0 Å². The first-order valence-electron chi connectivity index (χ1n) is 12.1. The second kappa shape index (κ2) is 11.2. The summed E-state index contributed by atoms with van der Waals surface area (Å²) in [5, 5.41) is 3.07. The Balaban J connectivity index is 1.58. The van der Waals surface area contributed by atoms with Gasteiger partial charge in [0.1, 0.15) is 18.2 Å². The first kappa shape index (κ1) is 25.9. The maximum Gasteiger partial charge on any atom is 0.252 e. The van der Waals surface area contributed by atoms with Crippen molar-refractivity contribution in [2.24, 2.45) is 0 Å². The highest BCUT2D eigenvalue weighted by Gasteiger charge is 2.22. The molecule has 37 heavy (non-hydrogen) atoms. The smallest absolute Gasteiger partial charge is 0.252 e. The average Bonchev–Trinajstić information content (AvgIpc) is 3.28. The molecule has 0 spiro atoms. The lowest BCUT2D eigenvalue weighted by Crippen LogP contribution is -2.29. The number of hydrogen-bond acceptors (Lipinski definition) is 6. The van der Waals surface area contributed by atoms with E-state index in [0.717, 1.165) is 33.7 Å². The van der Waals surface area contributed by atoms with E-state index >= 15 is 0 Å². The molecule has 0 fully saturated rings. The maximum atomic E-state index is 13.2. The number of rotatable bonds is 10. The van der Waals surface area contributed by atoms with Gasteiger partial charge in [-0.2, -0.15) is 0 Å². The Morgan fingerprint density at radius 2 is 1.57 bits per heavy atom. The van der Waals surface area contributed by atoms with Crippen molar-refractivity contribution < 1.29 is 23.7 Å². The van der Waals surface area contributed by atoms with Crippen LogP contribution in [-0.4, -0.2) is 43.4 Å². The van der Waals surface area contributed by atoms with Crippen molar-refractivity contribution in [2.75, 3.05) is 27.9 Å². The lowest BCUT2D eigenvalue weighted by molar-refractivity contribution is 0.0936. The summed E-state index contributed by atoms with van der Waals surface area (Å²) in [5.74, 6) is 2.62. The number of fused-ring (bicyclic) bond motifs is 1. The van der Waals surface area contributed by atoms with Gasteiger partial charge in [0.25, 0.3) is 5.91 Å². The Hall–Kier alpha value is -4.20. The molecule has 3 aromatic carbocycles. The monoisotopic (exact) mass is 503 g/mol. The standard InChI is InChI=1S/C29H33N3O5/c1-18-10-9-11-19(2)26(18)37-15-14-32-23-13-8-7-12-22(23)31-28(32)20(3)30-29(33)21-16-24(34-4)27(36-6)25(17-21)35-5/h7-13,16-17,20H,14-15H2,1-6H3,(H,30,33). The van der Waals surface area contributed by atoms with Gasteiger partial charge in [-0.3, -0.25) is 4.79 Å². The fourth-order valence-corrected chi connectivity index (χ4v) is 4.48. The molecule has 0 bridgehead atoms. The molecule has 8 heteroatoms.